The number of rotatable bonds is 96. The molecule has 0 radical (unpaired) electrons. The normalized spacial score (nSPS) is 21.7. The van der Waals surface area contributed by atoms with Gasteiger partial charge in [-0.15, -0.1) is 0 Å². The number of nitrogens with one attached hydrogen (secondary N) is 8. The van der Waals surface area contributed by atoms with Gasteiger partial charge in [0.15, 0.2) is 25.0 Å². The highest BCUT2D eigenvalue weighted by Gasteiger charge is 2.48. The van der Waals surface area contributed by atoms with Crippen molar-refractivity contribution in [2.75, 3.05) is 211 Å². The van der Waals surface area contributed by atoms with Crippen LogP contribution in [0.25, 0.3) is 0 Å². The Hall–Kier alpha value is -6.15. The molecule has 3 heterocycles. The van der Waals surface area contributed by atoms with Gasteiger partial charge in [0.05, 0.1) is 164 Å². The average Bonchev–Trinajstić information content (AvgIpc) is 0.814. The number of esters is 2. The predicted molar refractivity (Wildman–Crippen MR) is 536 cm³/mol. The first kappa shape index (κ1) is 136. The fraction of sp³-hybridized carbons (Fsp3) is 0.899. The molecule has 18 N–H and O–H groups in total. The summed E-state index contributed by atoms with van der Waals surface area (Å²) in [6, 6.07) is -4.64. The Morgan fingerprint density at radius 3 is 0.986 bits per heavy atom. The highest BCUT2D eigenvalue weighted by molar-refractivity contribution is 7.47. The van der Waals surface area contributed by atoms with Crippen molar-refractivity contribution < 1.29 is 188 Å². The quantitative estimate of drug-likeness (QED) is 0.0233. The summed E-state index contributed by atoms with van der Waals surface area (Å²) in [7, 11) is -4.80. The van der Waals surface area contributed by atoms with Crippen LogP contribution in [0.4, 0.5) is 0 Å². The first-order valence-corrected chi connectivity index (χ1v) is 55.2. The zero-order valence-electron chi connectivity index (χ0n) is 88.4. The number of ether oxygens (including phenoxy) is 16. The second-order valence-electron chi connectivity index (χ2n) is 37.1. The molecular weight excluding hydrogens is 1970 g/mol. The molecule has 3 rings (SSSR count). The lowest BCUT2D eigenvalue weighted by atomic mass is 9.97. The van der Waals surface area contributed by atoms with Crippen LogP contribution < -0.4 is 42.5 Å². The van der Waals surface area contributed by atoms with Crippen molar-refractivity contribution in [2.24, 2.45) is 0 Å². The van der Waals surface area contributed by atoms with Gasteiger partial charge in [0.25, 0.3) is 0 Å². The Kier molecular flexibility index (Phi) is 80.9. The van der Waals surface area contributed by atoms with Gasteiger partial charge >= 0.3 is 19.8 Å². The van der Waals surface area contributed by atoms with E-state index >= 15 is 0 Å². The summed E-state index contributed by atoms with van der Waals surface area (Å²) in [4.78, 5) is 141. The summed E-state index contributed by atoms with van der Waals surface area (Å²) in [5.41, 5.74) is 0. The van der Waals surface area contributed by atoms with Gasteiger partial charge in [-0.1, -0.05) is 194 Å². The summed E-state index contributed by atoms with van der Waals surface area (Å²) in [6.45, 7) is 2.11. The summed E-state index contributed by atoms with van der Waals surface area (Å²) in [6.07, 6.45) is 18.4. The molecule has 0 bridgehead atoms. The molecule has 3 saturated heterocycles. The molecule has 0 saturated carbocycles. The van der Waals surface area contributed by atoms with Crippen LogP contribution in [0.2, 0.25) is 0 Å². The summed E-state index contributed by atoms with van der Waals surface area (Å²) < 4.78 is 113. The van der Waals surface area contributed by atoms with E-state index in [-0.39, 0.29) is 177 Å². The molecule has 0 spiro atoms. The monoisotopic (exact) mass is 2150 g/mol. The molecule has 0 aromatic rings. The predicted octanol–water partition coefficient (Wildman–Crippen LogP) is 1.53. The number of amides is 8. The largest absolute Gasteiger partial charge is 0.472 e. The van der Waals surface area contributed by atoms with E-state index in [1.165, 1.54) is 154 Å². The summed E-state index contributed by atoms with van der Waals surface area (Å²) >= 11 is 0. The number of hydrogen-bond donors (Lipinski definition) is 18. The highest BCUT2D eigenvalue weighted by atomic mass is 31.2. The molecule has 8 amide bonds. The van der Waals surface area contributed by atoms with E-state index in [0.717, 1.165) is 51.4 Å². The van der Waals surface area contributed by atoms with Gasteiger partial charge in [-0.2, -0.15) is 0 Å². The smallest absolute Gasteiger partial charge is 0.462 e. The minimum absolute atomic E-state index is 0.00716. The van der Waals surface area contributed by atoms with Crippen LogP contribution in [0, 0.1) is 0 Å². The van der Waals surface area contributed by atoms with E-state index in [1.54, 1.807) is 0 Å². The van der Waals surface area contributed by atoms with Crippen LogP contribution in [0.15, 0.2) is 0 Å². The molecule has 0 aliphatic carbocycles. The number of carbonyl (C=O) groups excluding carboxylic acids is 10. The average molecular weight is 2160 g/mol. The van der Waals surface area contributed by atoms with Crippen molar-refractivity contribution in [1.29, 1.82) is 0 Å². The Bertz CT molecular complexity index is 3410. The van der Waals surface area contributed by atoms with Crippen molar-refractivity contribution in [3.63, 3.8) is 0 Å². The Balaban J connectivity index is 1.58. The Morgan fingerprint density at radius 1 is 0.331 bits per heavy atom. The van der Waals surface area contributed by atoms with Gasteiger partial charge < -0.3 is 169 Å². The first-order valence-electron chi connectivity index (χ1n) is 53.7. The van der Waals surface area contributed by atoms with E-state index in [2.05, 4.69) is 56.4 Å². The van der Waals surface area contributed by atoms with Gasteiger partial charge in [-0.3, -0.25) is 61.9 Å². The van der Waals surface area contributed by atoms with E-state index in [9.17, 15) is 103 Å². The number of phosphoric acid groups is 1. The SMILES string of the molecule is CCCCCCCCCCCCCCCCCC(=O)OC[C@H](COP(=O)(O)OCCNC(=O)COCCOCC(=O)NCCCCC(C(=O)NCCOCCOCCO[C@H]1O[C@@H](CO)[C@@H](O)[C@@H](O)[C@@H]1NC(C)=O)N(CC(=O)NCCOCCOCCO[C@H]1O[C@@H](CO)[C@@H](O)[C@@H](O)[C@@H]1NC(C)=O)CC(=O)NCCOCCOCCO[C@H]1O[C@@H](CO)[C@@H](O)[C@@H](O)[C@@H]1NC(C)=O)OC(=O)CCCCCCCCCCCCCCCCC. The minimum atomic E-state index is -4.80. The summed E-state index contributed by atoms with van der Waals surface area (Å²) in [5, 5.41) is 113. The molecule has 2 unspecified atom stereocenters. The lowest BCUT2D eigenvalue weighted by Gasteiger charge is -2.42. The zero-order chi connectivity index (χ0) is 108. The van der Waals surface area contributed by atoms with Gasteiger partial charge in [0.1, 0.15) is 92.9 Å². The number of nitrogens with zero attached hydrogens (tertiary/aromatic N) is 1. The zero-order valence-corrected chi connectivity index (χ0v) is 89.3. The Morgan fingerprint density at radius 2 is 0.635 bits per heavy atom. The van der Waals surface area contributed by atoms with Crippen molar-refractivity contribution in [1.82, 2.24) is 47.4 Å². The molecular formula is C99H184N9O39P. The van der Waals surface area contributed by atoms with E-state index in [1.807, 2.05) is 0 Å². The molecule has 3 fully saturated rings. The molecule has 148 heavy (non-hydrogen) atoms. The molecule has 3 aliphatic rings. The standard InChI is InChI=1S/C99H184N9O39P/c1-6-8-10-12-14-16-18-20-22-24-26-28-30-32-34-39-85(119)141-69-76(144-86(120)40-35-33-31-29-27-25-23-21-19-17-15-13-11-9-7-2)70-143-148(128,129)142-49-45-103-84(118)72-137-57-56-136-71-83(117)100-41-37-36-38-77(96(127)104-44-48-132-52-55-135-60-63-140-99-89(107-75(5)114)95(126)92(123)80(68-111)147-99)108(64-81(115)101-42-46-130-50-53-133-58-61-138-97-87(105-73(3)112)93(124)90(121)78(66-109)145-97)65-82(116)102-43-47-131-51-54-134-59-62-139-98-88(106-74(4)113)94(125)91(122)79(67-110)146-98/h76-80,87-95,97-99,109-111,121-126H,6-72H2,1-5H3,(H,100,117)(H,101,115)(H,102,116)(H,103,118)(H,104,127)(H,105,112)(H,106,113)(H,107,114)(H,128,129)/t76-,77?,78+,79+,80+,87+,88+,89+,90-,91-,92-,93+,94+,95+,97+,98+,99+/m1/s1. The van der Waals surface area contributed by atoms with Crippen molar-refractivity contribution in [3.05, 3.63) is 0 Å². The van der Waals surface area contributed by atoms with Crippen LogP contribution in [0.1, 0.15) is 259 Å². The number of aliphatic hydroxyl groups excluding tert-OH is 9. The van der Waals surface area contributed by atoms with E-state index < -0.39 is 237 Å². The molecule has 0 aromatic heterocycles. The maximum absolute atomic E-state index is 14.5. The van der Waals surface area contributed by atoms with Crippen molar-refractivity contribution in [2.45, 2.75) is 363 Å². The van der Waals surface area contributed by atoms with Gasteiger partial charge in [-0.25, -0.2) is 4.57 Å². The lowest BCUT2D eigenvalue weighted by Crippen LogP contribution is -2.64. The molecule has 864 valence electrons. The number of hydrogen-bond acceptors (Lipinski definition) is 39. The molecule has 3 aliphatic heterocycles. The fourth-order valence-electron chi connectivity index (χ4n) is 16.3. The fourth-order valence-corrected chi connectivity index (χ4v) is 17.1. The maximum Gasteiger partial charge on any atom is 0.472 e. The number of aliphatic hydroxyl groups is 9. The number of carbonyl (C=O) groups is 10. The second-order valence-corrected chi connectivity index (χ2v) is 38.5. The van der Waals surface area contributed by atoms with Crippen LogP contribution in [-0.2, 0) is 137 Å². The van der Waals surface area contributed by atoms with Gasteiger partial charge in [0.2, 0.25) is 47.3 Å². The third-order valence-corrected chi connectivity index (χ3v) is 25.4. The van der Waals surface area contributed by atoms with Crippen LogP contribution >= 0.6 is 7.82 Å². The van der Waals surface area contributed by atoms with Crippen LogP contribution in [0.5, 0.6) is 0 Å². The third kappa shape index (κ3) is 66.8. The van der Waals surface area contributed by atoms with Crippen LogP contribution in [0.3, 0.4) is 0 Å². The Labute approximate surface area is 873 Å². The van der Waals surface area contributed by atoms with Gasteiger partial charge in [-0.05, 0) is 32.1 Å². The van der Waals surface area contributed by atoms with Crippen molar-refractivity contribution in [3.8, 4) is 0 Å². The van der Waals surface area contributed by atoms with E-state index in [4.69, 9.17) is 84.8 Å². The molecule has 48 nitrogen and oxygen atoms in total. The number of phosphoric ester groups is 1. The molecule has 18 atom stereocenters. The van der Waals surface area contributed by atoms with Crippen molar-refractivity contribution >= 4 is 67.0 Å². The topological polar surface area (TPSA) is 656 Å². The first-order chi connectivity index (χ1) is 71.5. The maximum atomic E-state index is 14.5. The molecule has 49 heteroatoms. The lowest BCUT2D eigenvalue weighted by molar-refractivity contribution is -0.272. The van der Waals surface area contributed by atoms with Gasteiger partial charge in [0, 0.05) is 66.3 Å². The second kappa shape index (κ2) is 88.1. The third-order valence-electron chi connectivity index (χ3n) is 24.4. The minimum Gasteiger partial charge on any atom is -0.462 e. The summed E-state index contributed by atoms with van der Waals surface area (Å²) in [5.74, 6) is -5.62. The number of unbranched alkanes of at least 4 members (excludes halogenated alkanes) is 29. The van der Waals surface area contributed by atoms with E-state index in [0.29, 0.717) is 12.8 Å². The highest BCUT2D eigenvalue weighted by Crippen LogP contribution is 2.43. The van der Waals surface area contributed by atoms with Crippen LogP contribution in [-0.4, -0.2) is 430 Å². The molecule has 0 aromatic carbocycles.